The summed E-state index contributed by atoms with van der Waals surface area (Å²) in [4.78, 5) is 15.7. The van der Waals surface area contributed by atoms with E-state index in [0.29, 0.717) is 11.6 Å². The van der Waals surface area contributed by atoms with Crippen LogP contribution in [0.2, 0.25) is 0 Å². The Bertz CT molecular complexity index is 768. The van der Waals surface area contributed by atoms with Crippen LogP contribution in [0.1, 0.15) is 29.9 Å². The largest absolute Gasteiger partial charge is 0.296 e. The number of hydrogen-bond donors (Lipinski definition) is 0. The van der Waals surface area contributed by atoms with Crippen molar-refractivity contribution in [2.45, 2.75) is 20.3 Å². The van der Waals surface area contributed by atoms with Gasteiger partial charge in [-0.3, -0.25) is 9.36 Å². The maximum absolute atomic E-state index is 11.0. The molecule has 0 bridgehead atoms. The van der Waals surface area contributed by atoms with E-state index in [2.05, 4.69) is 43.1 Å². The molecule has 3 nitrogen and oxygen atoms in total. The zero-order valence-electron chi connectivity index (χ0n) is 12.7. The van der Waals surface area contributed by atoms with Crippen LogP contribution in [0.15, 0.2) is 48.0 Å². The van der Waals surface area contributed by atoms with Gasteiger partial charge in [0, 0.05) is 17.1 Å². The molecule has 0 amide bonds. The summed E-state index contributed by atoms with van der Waals surface area (Å²) in [5.74, 6) is 0.659. The second kappa shape index (κ2) is 6.28. The molecule has 2 aromatic heterocycles. The third-order valence-electron chi connectivity index (χ3n) is 3.49. The van der Waals surface area contributed by atoms with Crippen molar-refractivity contribution in [1.82, 2.24) is 9.55 Å². The molecule has 0 unspecified atom stereocenters. The first kappa shape index (κ1) is 14.7. The SMILES string of the molecule is CC(C)Cc1ccc(-c2csc(-n3cccc3C=O)n2)cc1. The summed E-state index contributed by atoms with van der Waals surface area (Å²) >= 11 is 1.54. The molecule has 22 heavy (non-hydrogen) atoms. The predicted octanol–water partition coefficient (Wildman–Crippen LogP) is 4.61. The summed E-state index contributed by atoms with van der Waals surface area (Å²) < 4.78 is 1.81. The quantitative estimate of drug-likeness (QED) is 0.645. The van der Waals surface area contributed by atoms with Crippen LogP contribution in [0.25, 0.3) is 16.4 Å². The molecule has 0 fully saturated rings. The van der Waals surface area contributed by atoms with Gasteiger partial charge in [-0.1, -0.05) is 38.1 Å². The third-order valence-corrected chi connectivity index (χ3v) is 4.33. The Morgan fingerprint density at radius 1 is 1.23 bits per heavy atom. The minimum Gasteiger partial charge on any atom is -0.296 e. The fourth-order valence-corrected chi connectivity index (χ4v) is 3.29. The Labute approximate surface area is 134 Å². The first-order valence-electron chi connectivity index (χ1n) is 7.35. The fourth-order valence-electron chi connectivity index (χ4n) is 2.45. The molecular formula is C18H18N2OS. The average Bonchev–Trinajstić information content (AvgIpc) is 3.16. The van der Waals surface area contributed by atoms with Crippen molar-refractivity contribution in [1.29, 1.82) is 0 Å². The molecule has 112 valence electrons. The lowest BCUT2D eigenvalue weighted by molar-refractivity contribution is 0.111. The molecule has 0 radical (unpaired) electrons. The Morgan fingerprint density at radius 3 is 2.68 bits per heavy atom. The lowest BCUT2D eigenvalue weighted by atomic mass is 10.0. The highest BCUT2D eigenvalue weighted by atomic mass is 32.1. The lowest BCUT2D eigenvalue weighted by Gasteiger charge is -2.05. The number of thiazole rings is 1. The smallest absolute Gasteiger partial charge is 0.194 e. The molecule has 0 saturated heterocycles. The van der Waals surface area contributed by atoms with Crippen LogP contribution >= 0.6 is 11.3 Å². The van der Waals surface area contributed by atoms with Crippen molar-refractivity contribution in [2.24, 2.45) is 5.92 Å². The minimum atomic E-state index is 0.619. The maximum Gasteiger partial charge on any atom is 0.194 e. The summed E-state index contributed by atoms with van der Waals surface area (Å²) in [6.07, 6.45) is 3.80. The van der Waals surface area contributed by atoms with E-state index in [9.17, 15) is 4.79 Å². The molecule has 4 heteroatoms. The molecule has 0 aliphatic heterocycles. The minimum absolute atomic E-state index is 0.619. The Balaban J connectivity index is 1.86. The van der Waals surface area contributed by atoms with Gasteiger partial charge in [0.1, 0.15) is 0 Å². The highest BCUT2D eigenvalue weighted by Gasteiger charge is 2.09. The predicted molar refractivity (Wildman–Crippen MR) is 90.8 cm³/mol. The number of hydrogen-bond acceptors (Lipinski definition) is 3. The highest BCUT2D eigenvalue weighted by Crippen LogP contribution is 2.25. The first-order chi connectivity index (χ1) is 10.7. The van der Waals surface area contributed by atoms with E-state index < -0.39 is 0 Å². The Hall–Kier alpha value is -2.20. The Morgan fingerprint density at radius 2 is 2.00 bits per heavy atom. The number of carbonyl (C=O) groups excluding carboxylic acids is 1. The van der Waals surface area contributed by atoms with Gasteiger partial charge in [-0.05, 0) is 30.0 Å². The number of rotatable bonds is 5. The van der Waals surface area contributed by atoms with Gasteiger partial charge in [0.15, 0.2) is 11.4 Å². The second-order valence-corrected chi connectivity index (χ2v) is 6.57. The van der Waals surface area contributed by atoms with E-state index in [1.807, 2.05) is 22.2 Å². The van der Waals surface area contributed by atoms with Gasteiger partial charge < -0.3 is 0 Å². The number of benzene rings is 1. The monoisotopic (exact) mass is 310 g/mol. The number of carbonyl (C=O) groups is 1. The van der Waals surface area contributed by atoms with Gasteiger partial charge >= 0.3 is 0 Å². The average molecular weight is 310 g/mol. The fraction of sp³-hybridized carbons (Fsp3) is 0.222. The molecule has 3 rings (SSSR count). The molecular weight excluding hydrogens is 292 g/mol. The normalized spacial score (nSPS) is 11.0. The molecule has 2 heterocycles. The van der Waals surface area contributed by atoms with E-state index in [1.165, 1.54) is 16.9 Å². The van der Waals surface area contributed by atoms with Gasteiger partial charge in [0.2, 0.25) is 0 Å². The summed E-state index contributed by atoms with van der Waals surface area (Å²) in [7, 11) is 0. The van der Waals surface area contributed by atoms with Gasteiger partial charge in [0.25, 0.3) is 0 Å². The third kappa shape index (κ3) is 3.02. The second-order valence-electron chi connectivity index (χ2n) is 5.73. The van der Waals surface area contributed by atoms with Crippen molar-refractivity contribution < 1.29 is 4.79 Å². The summed E-state index contributed by atoms with van der Waals surface area (Å²) in [5.41, 5.74) is 4.02. The molecule has 0 aliphatic rings. The summed E-state index contributed by atoms with van der Waals surface area (Å²) in [6, 6.07) is 12.2. The van der Waals surface area contributed by atoms with Crippen LogP contribution in [-0.2, 0) is 6.42 Å². The highest BCUT2D eigenvalue weighted by molar-refractivity contribution is 7.12. The van der Waals surface area contributed by atoms with Gasteiger partial charge in [0.05, 0.1) is 11.4 Å². The van der Waals surface area contributed by atoms with Crippen molar-refractivity contribution in [3.63, 3.8) is 0 Å². The molecule has 0 spiro atoms. The Kier molecular flexibility index (Phi) is 4.20. The molecule has 0 aliphatic carbocycles. The van der Waals surface area contributed by atoms with Crippen molar-refractivity contribution in [3.05, 3.63) is 59.2 Å². The van der Waals surface area contributed by atoms with Gasteiger partial charge in [-0.25, -0.2) is 4.98 Å². The number of aromatic nitrogens is 2. The zero-order valence-corrected chi connectivity index (χ0v) is 13.5. The standard InChI is InChI=1S/C18H18N2OS/c1-13(2)10-14-5-7-15(8-6-14)17-12-22-18(19-17)20-9-3-4-16(20)11-21/h3-9,11-13H,10H2,1-2H3. The van der Waals surface area contributed by atoms with Crippen molar-refractivity contribution in [2.75, 3.05) is 0 Å². The number of nitrogens with zero attached hydrogens (tertiary/aromatic N) is 2. The van der Waals surface area contributed by atoms with Crippen LogP contribution in [0, 0.1) is 5.92 Å². The van der Waals surface area contributed by atoms with Gasteiger partial charge in [-0.2, -0.15) is 0 Å². The van der Waals surface area contributed by atoms with Gasteiger partial charge in [-0.15, -0.1) is 11.3 Å². The molecule has 1 aromatic carbocycles. The molecule has 0 saturated carbocycles. The number of aldehydes is 1. The van der Waals surface area contributed by atoms with E-state index in [-0.39, 0.29) is 0 Å². The van der Waals surface area contributed by atoms with Crippen LogP contribution in [0.5, 0.6) is 0 Å². The van der Waals surface area contributed by atoms with Crippen molar-refractivity contribution >= 4 is 17.6 Å². The van der Waals surface area contributed by atoms with E-state index in [1.54, 1.807) is 6.07 Å². The van der Waals surface area contributed by atoms with Crippen LogP contribution in [-0.4, -0.2) is 15.8 Å². The van der Waals surface area contributed by atoms with E-state index >= 15 is 0 Å². The first-order valence-corrected chi connectivity index (χ1v) is 8.23. The van der Waals surface area contributed by atoms with E-state index in [4.69, 9.17) is 0 Å². The van der Waals surface area contributed by atoms with Crippen molar-refractivity contribution in [3.8, 4) is 16.4 Å². The van der Waals surface area contributed by atoms with E-state index in [0.717, 1.165) is 29.1 Å². The molecule has 0 atom stereocenters. The molecule has 3 aromatic rings. The molecule has 0 N–H and O–H groups in total. The lowest BCUT2D eigenvalue weighted by Crippen LogP contribution is -1.96. The zero-order chi connectivity index (χ0) is 15.5. The topological polar surface area (TPSA) is 34.9 Å². The van der Waals surface area contributed by atoms with Crippen LogP contribution in [0.4, 0.5) is 0 Å². The summed E-state index contributed by atoms with van der Waals surface area (Å²) in [5, 5.41) is 2.84. The van der Waals surface area contributed by atoms with Crippen LogP contribution < -0.4 is 0 Å². The van der Waals surface area contributed by atoms with Crippen LogP contribution in [0.3, 0.4) is 0 Å². The summed E-state index contributed by atoms with van der Waals surface area (Å²) in [6.45, 7) is 4.45. The maximum atomic E-state index is 11.0.